The van der Waals surface area contributed by atoms with Crippen molar-refractivity contribution >= 4 is 55.7 Å². The molecule has 0 saturated carbocycles. The van der Waals surface area contributed by atoms with E-state index in [4.69, 9.17) is 27.6 Å². The average Bonchev–Trinajstić information content (AvgIpc) is 3.35. The number of carbonyl (C=O) groups is 1. The number of rotatable bonds is 9. The Balaban J connectivity index is 1.86. The van der Waals surface area contributed by atoms with Crippen LogP contribution in [0.3, 0.4) is 0 Å². The van der Waals surface area contributed by atoms with Crippen LogP contribution in [-0.4, -0.2) is 25.5 Å². The lowest BCUT2D eigenvalue weighted by Gasteiger charge is -2.30. The van der Waals surface area contributed by atoms with Gasteiger partial charge < -0.3 is 9.52 Å². The molecule has 1 atom stereocenters. The van der Waals surface area contributed by atoms with Crippen LogP contribution in [0.25, 0.3) is 21.9 Å². The Bertz CT molecular complexity index is 1450. The van der Waals surface area contributed by atoms with E-state index in [-0.39, 0.29) is 27.0 Å². The Morgan fingerprint density at radius 3 is 2.29 bits per heavy atom. The van der Waals surface area contributed by atoms with Crippen LogP contribution < -0.4 is 4.31 Å². The molecule has 1 aromatic heterocycles. The number of carboxylic acid groups (broad SMARTS) is 1. The van der Waals surface area contributed by atoms with Crippen molar-refractivity contribution in [1.29, 1.82) is 0 Å². The highest BCUT2D eigenvalue weighted by atomic mass is 35.5. The summed E-state index contributed by atoms with van der Waals surface area (Å²) in [7, 11) is -4.31. The van der Waals surface area contributed by atoms with Crippen molar-refractivity contribution < 1.29 is 22.7 Å². The van der Waals surface area contributed by atoms with Gasteiger partial charge in [0.25, 0.3) is 10.0 Å². The number of unbranched alkanes of at least 4 members (excludes halogenated alkanes) is 1. The number of benzene rings is 3. The number of aliphatic carboxylic acids is 1. The Morgan fingerprint density at radius 1 is 0.971 bits per heavy atom. The lowest BCUT2D eigenvalue weighted by Crippen LogP contribution is -2.45. The van der Waals surface area contributed by atoms with Gasteiger partial charge in [0, 0.05) is 15.6 Å². The fourth-order valence-corrected chi connectivity index (χ4v) is 6.35. The molecule has 0 aliphatic carbocycles. The summed E-state index contributed by atoms with van der Waals surface area (Å²) in [5, 5.41) is 12.0. The van der Waals surface area contributed by atoms with Gasteiger partial charge in [-0.15, -0.1) is 0 Å². The number of sulfonamides is 1. The Labute approximate surface area is 213 Å². The summed E-state index contributed by atoms with van der Waals surface area (Å²) >= 11 is 12.2. The molecule has 3 aromatic carbocycles. The number of nitrogens with zero attached hydrogens (tertiary/aromatic N) is 1. The number of furan rings is 1. The second-order valence-electron chi connectivity index (χ2n) is 8.16. The summed E-state index contributed by atoms with van der Waals surface area (Å²) in [4.78, 5) is 12.1. The molecule has 0 radical (unpaired) electrons. The number of halogens is 2. The van der Waals surface area contributed by atoms with Crippen LogP contribution in [0, 0.1) is 0 Å². The van der Waals surface area contributed by atoms with E-state index in [9.17, 15) is 18.3 Å². The average molecular weight is 532 g/mol. The molecule has 9 heteroatoms. The van der Waals surface area contributed by atoms with Crippen molar-refractivity contribution in [2.24, 2.45) is 0 Å². The molecule has 0 bridgehead atoms. The molecule has 0 amide bonds. The van der Waals surface area contributed by atoms with Crippen molar-refractivity contribution in [3.05, 3.63) is 83.2 Å². The first-order chi connectivity index (χ1) is 16.7. The molecule has 0 spiro atoms. The highest BCUT2D eigenvalue weighted by molar-refractivity contribution is 7.93. The van der Waals surface area contributed by atoms with Crippen molar-refractivity contribution in [3.8, 4) is 11.1 Å². The van der Waals surface area contributed by atoms with E-state index in [0.29, 0.717) is 6.42 Å². The van der Waals surface area contributed by atoms with Crippen molar-refractivity contribution in [3.63, 3.8) is 0 Å². The van der Waals surface area contributed by atoms with E-state index in [2.05, 4.69) is 0 Å². The topological polar surface area (TPSA) is 87.8 Å². The largest absolute Gasteiger partial charge is 0.480 e. The lowest BCUT2D eigenvalue weighted by atomic mass is 10.0. The van der Waals surface area contributed by atoms with Gasteiger partial charge in [0.2, 0.25) is 0 Å². The van der Waals surface area contributed by atoms with Crippen molar-refractivity contribution in [2.75, 3.05) is 4.31 Å². The van der Waals surface area contributed by atoms with Gasteiger partial charge in [-0.05, 0) is 65.2 Å². The highest BCUT2D eigenvalue weighted by Gasteiger charge is 2.36. The van der Waals surface area contributed by atoms with Gasteiger partial charge in [-0.25, -0.2) is 13.2 Å². The van der Waals surface area contributed by atoms with Gasteiger partial charge in [0.1, 0.15) is 6.04 Å². The predicted molar refractivity (Wildman–Crippen MR) is 139 cm³/mol. The van der Waals surface area contributed by atoms with Crippen LogP contribution in [0.4, 0.5) is 5.69 Å². The molecule has 0 fully saturated rings. The van der Waals surface area contributed by atoms with Gasteiger partial charge in [0.15, 0.2) is 0 Å². The molecule has 1 heterocycles. The summed E-state index contributed by atoms with van der Waals surface area (Å²) in [5.74, 6) is -1.23. The lowest BCUT2D eigenvalue weighted by molar-refractivity contribution is -0.138. The van der Waals surface area contributed by atoms with Crippen LogP contribution in [-0.2, 0) is 14.8 Å². The summed E-state index contributed by atoms with van der Waals surface area (Å²) in [6, 6.07) is 15.3. The number of carboxylic acids is 1. The molecule has 1 N–H and O–H groups in total. The Hall–Kier alpha value is -3.00. The summed E-state index contributed by atoms with van der Waals surface area (Å²) < 4.78 is 33.8. The SMILES string of the molecule is CCCCC(C(=O)O)N(c1ccc2cc(-c3ccoc3)ccc2c1)S(=O)(=O)c1cc(Cl)cc(Cl)c1. The highest BCUT2D eigenvalue weighted by Crippen LogP contribution is 2.34. The third kappa shape index (κ3) is 5.32. The minimum atomic E-state index is -4.31. The van der Waals surface area contributed by atoms with Crippen LogP contribution in [0.2, 0.25) is 10.0 Å². The maximum atomic E-state index is 13.8. The van der Waals surface area contributed by atoms with E-state index in [1.807, 2.05) is 31.2 Å². The fourth-order valence-electron chi connectivity index (χ4n) is 3.99. The Morgan fingerprint density at radius 2 is 1.66 bits per heavy atom. The fraction of sp³-hybridized carbons (Fsp3) is 0.192. The summed E-state index contributed by atoms with van der Waals surface area (Å²) in [6.45, 7) is 1.92. The van der Waals surface area contributed by atoms with E-state index in [1.54, 1.807) is 30.7 Å². The molecule has 4 rings (SSSR count). The predicted octanol–water partition coefficient (Wildman–Crippen LogP) is 7.25. The monoisotopic (exact) mass is 531 g/mol. The summed E-state index contributed by atoms with van der Waals surface area (Å²) in [6.07, 6.45) is 4.65. The van der Waals surface area contributed by atoms with Gasteiger partial charge in [-0.2, -0.15) is 0 Å². The van der Waals surface area contributed by atoms with E-state index in [1.165, 1.54) is 18.2 Å². The first kappa shape index (κ1) is 25.1. The second kappa shape index (κ2) is 10.3. The van der Waals surface area contributed by atoms with Crippen LogP contribution in [0.15, 0.2) is 82.5 Å². The molecule has 4 aromatic rings. The van der Waals surface area contributed by atoms with E-state index >= 15 is 0 Å². The molecule has 6 nitrogen and oxygen atoms in total. The standard InChI is InChI=1S/C26H23Cl2NO5S/c1-2-3-4-25(26(30)31)29(35(32,33)24-14-21(27)13-22(28)15-24)23-8-7-17-11-18(5-6-19(17)12-23)20-9-10-34-16-20/h5-16,25H,2-4H2,1H3,(H,30,31). The van der Waals surface area contributed by atoms with Gasteiger partial charge in [-0.3, -0.25) is 4.31 Å². The quantitative estimate of drug-likeness (QED) is 0.245. The normalized spacial score (nSPS) is 12.5. The van der Waals surface area contributed by atoms with E-state index < -0.39 is 22.0 Å². The third-order valence-corrected chi connectivity index (χ3v) is 7.98. The molecule has 0 aliphatic rings. The molecular weight excluding hydrogens is 509 g/mol. The zero-order valence-corrected chi connectivity index (χ0v) is 21.1. The smallest absolute Gasteiger partial charge is 0.327 e. The molecule has 0 saturated heterocycles. The first-order valence-electron chi connectivity index (χ1n) is 11.0. The van der Waals surface area contributed by atoms with Crippen LogP contribution in [0.1, 0.15) is 26.2 Å². The molecule has 182 valence electrons. The van der Waals surface area contributed by atoms with Crippen LogP contribution in [0.5, 0.6) is 0 Å². The number of hydrogen-bond acceptors (Lipinski definition) is 4. The van der Waals surface area contributed by atoms with Crippen molar-refractivity contribution in [2.45, 2.75) is 37.1 Å². The molecular formula is C26H23Cl2NO5S. The van der Waals surface area contributed by atoms with Gasteiger partial charge >= 0.3 is 5.97 Å². The number of fused-ring (bicyclic) bond motifs is 1. The zero-order valence-electron chi connectivity index (χ0n) is 18.8. The maximum absolute atomic E-state index is 13.8. The zero-order chi connectivity index (χ0) is 25.2. The molecule has 35 heavy (non-hydrogen) atoms. The first-order valence-corrected chi connectivity index (χ1v) is 13.2. The van der Waals surface area contributed by atoms with Gasteiger partial charge in [-0.1, -0.05) is 61.2 Å². The van der Waals surface area contributed by atoms with E-state index in [0.717, 1.165) is 32.6 Å². The molecule has 0 aliphatic heterocycles. The molecule has 1 unspecified atom stereocenters. The maximum Gasteiger partial charge on any atom is 0.327 e. The van der Waals surface area contributed by atoms with Gasteiger partial charge in [0.05, 0.1) is 23.1 Å². The minimum absolute atomic E-state index is 0.141. The number of hydrogen-bond donors (Lipinski definition) is 1. The van der Waals surface area contributed by atoms with Crippen LogP contribution >= 0.6 is 23.2 Å². The third-order valence-electron chi connectivity index (χ3n) is 5.72. The summed E-state index contributed by atoms with van der Waals surface area (Å²) in [5.41, 5.74) is 2.11. The van der Waals surface area contributed by atoms with Crippen molar-refractivity contribution in [1.82, 2.24) is 0 Å². The number of anilines is 1. The minimum Gasteiger partial charge on any atom is -0.480 e. The second-order valence-corrected chi connectivity index (χ2v) is 10.8. The Kier molecular flexibility index (Phi) is 7.40.